The number of hydrogen-bond acceptors (Lipinski definition) is 6. The van der Waals surface area contributed by atoms with Crippen LogP contribution >= 0.6 is 0 Å². The fourth-order valence-electron chi connectivity index (χ4n) is 5.32. The van der Waals surface area contributed by atoms with E-state index < -0.39 is 0 Å². The van der Waals surface area contributed by atoms with Gasteiger partial charge in [-0.2, -0.15) is 0 Å². The number of aromatic nitrogens is 5. The minimum Gasteiger partial charge on any atom is -0.452 e. The standard InChI is InChI=1S/C37H23N5O/c1-3-10-25(11-4-1)35-40-36(26-12-5-2-6-13-26)42-37(41-35)27-20-18-24(19-21-27)28-14-9-15-29(22-28)32-34-33(39-23-38-32)30-16-7-8-17-31(30)43-34/h1-23H. The molecule has 6 nitrogen and oxygen atoms in total. The molecule has 0 radical (unpaired) electrons. The van der Waals surface area contributed by atoms with E-state index in [0.29, 0.717) is 23.1 Å². The Morgan fingerprint density at radius 1 is 0.419 bits per heavy atom. The molecule has 0 spiro atoms. The molecule has 0 aliphatic heterocycles. The number of rotatable bonds is 5. The van der Waals surface area contributed by atoms with E-state index >= 15 is 0 Å². The highest BCUT2D eigenvalue weighted by molar-refractivity contribution is 6.06. The smallest absolute Gasteiger partial charge is 0.180 e. The second-order valence-electron chi connectivity index (χ2n) is 10.2. The average molecular weight is 554 g/mol. The molecule has 5 aromatic carbocycles. The van der Waals surface area contributed by atoms with Crippen LogP contribution in [0.25, 0.3) is 78.6 Å². The summed E-state index contributed by atoms with van der Waals surface area (Å²) in [6.07, 6.45) is 1.60. The maximum Gasteiger partial charge on any atom is 0.180 e. The van der Waals surface area contributed by atoms with Crippen molar-refractivity contribution in [3.05, 3.63) is 140 Å². The average Bonchev–Trinajstić information content (AvgIpc) is 3.48. The van der Waals surface area contributed by atoms with Gasteiger partial charge in [0.2, 0.25) is 0 Å². The first kappa shape index (κ1) is 24.8. The number of benzene rings is 5. The number of fused-ring (bicyclic) bond motifs is 3. The van der Waals surface area contributed by atoms with Crippen molar-refractivity contribution in [2.45, 2.75) is 0 Å². The minimum atomic E-state index is 0.626. The summed E-state index contributed by atoms with van der Waals surface area (Å²) in [7, 11) is 0. The molecule has 0 atom stereocenters. The van der Waals surface area contributed by atoms with Crippen LogP contribution < -0.4 is 0 Å². The van der Waals surface area contributed by atoms with Crippen molar-refractivity contribution in [1.82, 2.24) is 24.9 Å². The molecule has 6 heteroatoms. The predicted molar refractivity (Wildman–Crippen MR) is 170 cm³/mol. The zero-order valence-electron chi connectivity index (χ0n) is 22.9. The van der Waals surface area contributed by atoms with Gasteiger partial charge in [-0.25, -0.2) is 24.9 Å². The summed E-state index contributed by atoms with van der Waals surface area (Å²) < 4.78 is 6.19. The second kappa shape index (κ2) is 10.4. The maximum absolute atomic E-state index is 6.19. The van der Waals surface area contributed by atoms with Crippen molar-refractivity contribution in [3.8, 4) is 56.5 Å². The van der Waals surface area contributed by atoms with Gasteiger partial charge in [-0.15, -0.1) is 0 Å². The molecule has 8 rings (SSSR count). The minimum absolute atomic E-state index is 0.626. The Labute approximate surface area is 247 Å². The summed E-state index contributed by atoms with van der Waals surface area (Å²) >= 11 is 0. The van der Waals surface area contributed by atoms with Gasteiger partial charge < -0.3 is 4.42 Å². The molecule has 0 amide bonds. The number of para-hydroxylation sites is 1. The quantitative estimate of drug-likeness (QED) is 0.212. The molecule has 0 N–H and O–H groups in total. The normalized spacial score (nSPS) is 11.3. The van der Waals surface area contributed by atoms with E-state index in [-0.39, 0.29) is 0 Å². The van der Waals surface area contributed by atoms with Crippen LogP contribution in [0.1, 0.15) is 0 Å². The van der Waals surface area contributed by atoms with Gasteiger partial charge in [0, 0.05) is 27.6 Å². The van der Waals surface area contributed by atoms with Crippen LogP contribution in [-0.2, 0) is 0 Å². The zero-order chi connectivity index (χ0) is 28.6. The highest BCUT2D eigenvalue weighted by Crippen LogP contribution is 2.35. The van der Waals surface area contributed by atoms with Gasteiger partial charge in [0.1, 0.15) is 23.1 Å². The van der Waals surface area contributed by atoms with E-state index in [1.807, 2.05) is 97.1 Å². The SMILES string of the molecule is c1ccc(-c2nc(-c3ccccc3)nc(-c3ccc(-c4cccc(-c5ncnc6c5oc5ccccc56)c4)cc3)n2)cc1. The third-order valence-electron chi connectivity index (χ3n) is 7.47. The van der Waals surface area contributed by atoms with E-state index in [4.69, 9.17) is 19.4 Å². The highest BCUT2D eigenvalue weighted by Gasteiger charge is 2.16. The third-order valence-corrected chi connectivity index (χ3v) is 7.47. The Morgan fingerprint density at radius 3 is 1.63 bits per heavy atom. The van der Waals surface area contributed by atoms with E-state index in [0.717, 1.165) is 55.6 Å². The lowest BCUT2D eigenvalue weighted by Crippen LogP contribution is -2.00. The number of furan rings is 1. The molecule has 43 heavy (non-hydrogen) atoms. The van der Waals surface area contributed by atoms with Crippen molar-refractivity contribution < 1.29 is 4.42 Å². The lowest BCUT2D eigenvalue weighted by Gasteiger charge is -2.09. The van der Waals surface area contributed by atoms with Crippen LogP contribution in [0.4, 0.5) is 0 Å². The fraction of sp³-hybridized carbons (Fsp3) is 0. The fourth-order valence-corrected chi connectivity index (χ4v) is 5.32. The Hall–Kier alpha value is -6.01. The maximum atomic E-state index is 6.19. The summed E-state index contributed by atoms with van der Waals surface area (Å²) in [5.41, 5.74) is 8.98. The first-order chi connectivity index (χ1) is 21.3. The van der Waals surface area contributed by atoms with Crippen LogP contribution in [0.5, 0.6) is 0 Å². The lowest BCUT2D eigenvalue weighted by atomic mass is 10.00. The molecule has 3 aromatic heterocycles. The monoisotopic (exact) mass is 553 g/mol. The Balaban J connectivity index is 1.17. The number of hydrogen-bond donors (Lipinski definition) is 0. The van der Waals surface area contributed by atoms with Crippen molar-refractivity contribution >= 4 is 22.1 Å². The van der Waals surface area contributed by atoms with E-state index in [1.54, 1.807) is 6.33 Å². The molecule has 0 saturated carbocycles. The second-order valence-corrected chi connectivity index (χ2v) is 10.2. The molecular formula is C37H23N5O. The van der Waals surface area contributed by atoms with Gasteiger partial charge in [0.05, 0.1) is 0 Å². The van der Waals surface area contributed by atoms with E-state index in [1.165, 1.54) is 0 Å². The first-order valence-corrected chi connectivity index (χ1v) is 14.0. The first-order valence-electron chi connectivity index (χ1n) is 14.0. The Morgan fingerprint density at radius 2 is 0.953 bits per heavy atom. The molecular weight excluding hydrogens is 530 g/mol. The van der Waals surface area contributed by atoms with E-state index in [9.17, 15) is 0 Å². The van der Waals surface area contributed by atoms with Crippen molar-refractivity contribution in [3.63, 3.8) is 0 Å². The van der Waals surface area contributed by atoms with Gasteiger partial charge in [-0.05, 0) is 29.3 Å². The Kier molecular flexibility index (Phi) is 6.01. The van der Waals surface area contributed by atoms with Crippen LogP contribution in [-0.4, -0.2) is 24.9 Å². The topological polar surface area (TPSA) is 77.6 Å². The molecule has 0 aliphatic carbocycles. The van der Waals surface area contributed by atoms with Crippen molar-refractivity contribution in [2.24, 2.45) is 0 Å². The predicted octanol–water partition coefficient (Wildman–Crippen LogP) is 8.90. The largest absolute Gasteiger partial charge is 0.452 e. The van der Waals surface area contributed by atoms with Gasteiger partial charge in [-0.1, -0.05) is 115 Å². The van der Waals surface area contributed by atoms with Gasteiger partial charge in [0.15, 0.2) is 23.1 Å². The van der Waals surface area contributed by atoms with E-state index in [2.05, 4.69) is 46.4 Å². The van der Waals surface area contributed by atoms with Crippen molar-refractivity contribution in [2.75, 3.05) is 0 Å². The summed E-state index contributed by atoms with van der Waals surface area (Å²) in [4.78, 5) is 23.6. The molecule has 0 bridgehead atoms. The summed E-state index contributed by atoms with van der Waals surface area (Å²) in [5.74, 6) is 1.91. The van der Waals surface area contributed by atoms with Crippen LogP contribution in [0, 0.1) is 0 Å². The Bertz CT molecular complexity index is 2170. The molecule has 202 valence electrons. The van der Waals surface area contributed by atoms with Gasteiger partial charge in [0.25, 0.3) is 0 Å². The number of nitrogens with zero attached hydrogens (tertiary/aromatic N) is 5. The van der Waals surface area contributed by atoms with Crippen molar-refractivity contribution in [1.29, 1.82) is 0 Å². The summed E-state index contributed by atoms with van der Waals surface area (Å²) in [5, 5.41) is 0.983. The van der Waals surface area contributed by atoms with Gasteiger partial charge >= 0.3 is 0 Å². The molecule has 0 unspecified atom stereocenters. The molecule has 0 fully saturated rings. The van der Waals surface area contributed by atoms with Crippen LogP contribution in [0.15, 0.2) is 144 Å². The molecule has 0 aliphatic rings. The zero-order valence-corrected chi connectivity index (χ0v) is 22.9. The summed E-state index contributed by atoms with van der Waals surface area (Å²) in [6.45, 7) is 0. The highest BCUT2D eigenvalue weighted by atomic mass is 16.3. The third kappa shape index (κ3) is 4.61. The molecule has 3 heterocycles. The molecule has 0 saturated heterocycles. The summed E-state index contributed by atoms with van der Waals surface area (Å²) in [6, 6.07) is 44.6. The molecule has 8 aromatic rings. The lowest BCUT2D eigenvalue weighted by molar-refractivity contribution is 0.667. The van der Waals surface area contributed by atoms with Crippen LogP contribution in [0.3, 0.4) is 0 Å². The van der Waals surface area contributed by atoms with Gasteiger partial charge in [-0.3, -0.25) is 0 Å². The van der Waals surface area contributed by atoms with Crippen LogP contribution in [0.2, 0.25) is 0 Å².